The van der Waals surface area contributed by atoms with Crippen LogP contribution in [-0.4, -0.2) is 40.0 Å². The summed E-state index contributed by atoms with van der Waals surface area (Å²) in [5.74, 6) is -1.02. The zero-order chi connectivity index (χ0) is 14.0. The topological polar surface area (TPSA) is 70.5 Å². The molecule has 5 nitrogen and oxygen atoms in total. The Labute approximate surface area is 112 Å². The molecule has 0 aromatic carbocycles. The number of rotatable bonds is 3. The Hall–Kier alpha value is -1.91. The Kier molecular flexibility index (Phi) is 3.55. The molecule has 1 amide bonds. The Morgan fingerprint density at radius 2 is 2.16 bits per heavy atom. The van der Waals surface area contributed by atoms with Crippen LogP contribution < -0.4 is 0 Å². The van der Waals surface area contributed by atoms with Crippen LogP contribution in [0.1, 0.15) is 30.8 Å². The number of carbonyl (C=O) groups excluding carboxylic acids is 1. The molecule has 1 N–H and O–H groups in total. The van der Waals surface area contributed by atoms with Gasteiger partial charge in [-0.15, -0.1) is 0 Å². The van der Waals surface area contributed by atoms with Crippen LogP contribution in [0.3, 0.4) is 0 Å². The average Bonchev–Trinajstić information content (AvgIpc) is 2.85. The van der Waals surface area contributed by atoms with Crippen molar-refractivity contribution in [1.82, 2.24) is 9.88 Å². The lowest BCUT2D eigenvalue weighted by atomic mass is 9.76. The molecule has 1 aromatic rings. The molecular formula is C14H18N2O3. The van der Waals surface area contributed by atoms with Gasteiger partial charge in [0.15, 0.2) is 0 Å². The SMILES string of the molecule is CC(C)C1(C(=O)O)CCN(C(=O)c2ccccn2)C1. The number of aromatic nitrogens is 1. The molecule has 102 valence electrons. The van der Waals surface area contributed by atoms with Crippen molar-refractivity contribution >= 4 is 11.9 Å². The highest BCUT2D eigenvalue weighted by molar-refractivity contribution is 5.93. The highest BCUT2D eigenvalue weighted by Crippen LogP contribution is 2.38. The number of hydrogen-bond donors (Lipinski definition) is 1. The summed E-state index contributed by atoms with van der Waals surface area (Å²) in [4.78, 5) is 29.4. The molecule has 0 bridgehead atoms. The van der Waals surface area contributed by atoms with Gasteiger partial charge in [-0.25, -0.2) is 0 Å². The van der Waals surface area contributed by atoms with E-state index in [-0.39, 0.29) is 18.4 Å². The van der Waals surface area contributed by atoms with E-state index in [0.717, 1.165) is 0 Å². The minimum atomic E-state index is -0.829. The first-order valence-electron chi connectivity index (χ1n) is 6.41. The van der Waals surface area contributed by atoms with Crippen molar-refractivity contribution in [3.8, 4) is 0 Å². The van der Waals surface area contributed by atoms with Gasteiger partial charge in [-0.1, -0.05) is 19.9 Å². The summed E-state index contributed by atoms with van der Waals surface area (Å²) in [6.45, 7) is 4.51. The van der Waals surface area contributed by atoms with Crippen molar-refractivity contribution in [2.75, 3.05) is 13.1 Å². The van der Waals surface area contributed by atoms with Crippen molar-refractivity contribution in [2.24, 2.45) is 11.3 Å². The molecule has 1 atom stereocenters. The lowest BCUT2D eigenvalue weighted by Crippen LogP contribution is -2.40. The van der Waals surface area contributed by atoms with E-state index in [2.05, 4.69) is 4.98 Å². The average molecular weight is 262 g/mol. The van der Waals surface area contributed by atoms with Crippen LogP contribution in [0.5, 0.6) is 0 Å². The fourth-order valence-electron chi connectivity index (χ4n) is 2.55. The normalized spacial score (nSPS) is 22.8. The number of hydrogen-bond acceptors (Lipinski definition) is 3. The molecule has 0 saturated carbocycles. The monoisotopic (exact) mass is 262 g/mol. The van der Waals surface area contributed by atoms with E-state index < -0.39 is 11.4 Å². The van der Waals surface area contributed by atoms with Crippen LogP contribution >= 0.6 is 0 Å². The second-order valence-corrected chi connectivity index (χ2v) is 5.31. The Balaban J connectivity index is 2.18. The summed E-state index contributed by atoms with van der Waals surface area (Å²) in [6.07, 6.45) is 2.06. The Morgan fingerprint density at radius 1 is 1.42 bits per heavy atom. The van der Waals surface area contributed by atoms with Crippen molar-refractivity contribution in [3.63, 3.8) is 0 Å². The molecular weight excluding hydrogens is 244 g/mol. The number of pyridine rings is 1. The predicted octanol–water partition coefficient (Wildman–Crippen LogP) is 1.65. The summed E-state index contributed by atoms with van der Waals surface area (Å²) in [5, 5.41) is 9.45. The molecule has 1 aliphatic rings. The van der Waals surface area contributed by atoms with Crippen LogP contribution in [0.2, 0.25) is 0 Å². The molecule has 1 unspecified atom stereocenters. The highest BCUT2D eigenvalue weighted by Gasteiger charge is 2.48. The van der Waals surface area contributed by atoms with E-state index in [1.165, 1.54) is 0 Å². The van der Waals surface area contributed by atoms with Gasteiger partial charge in [0, 0.05) is 19.3 Å². The maximum absolute atomic E-state index is 12.3. The van der Waals surface area contributed by atoms with E-state index in [1.807, 2.05) is 13.8 Å². The zero-order valence-corrected chi connectivity index (χ0v) is 11.2. The summed E-state index contributed by atoms with van der Waals surface area (Å²) in [7, 11) is 0. The molecule has 1 fully saturated rings. The Morgan fingerprint density at radius 3 is 2.63 bits per heavy atom. The van der Waals surface area contributed by atoms with Gasteiger partial charge < -0.3 is 10.0 Å². The number of amides is 1. The molecule has 1 saturated heterocycles. The van der Waals surface area contributed by atoms with Crippen molar-refractivity contribution in [1.29, 1.82) is 0 Å². The smallest absolute Gasteiger partial charge is 0.311 e. The first-order chi connectivity index (χ1) is 8.97. The van der Waals surface area contributed by atoms with E-state index in [9.17, 15) is 14.7 Å². The predicted molar refractivity (Wildman–Crippen MR) is 69.7 cm³/mol. The van der Waals surface area contributed by atoms with Gasteiger partial charge in [0.2, 0.25) is 0 Å². The van der Waals surface area contributed by atoms with Crippen LogP contribution in [0, 0.1) is 11.3 Å². The summed E-state index contributed by atoms with van der Waals surface area (Å²) in [5.41, 5.74) is -0.461. The van der Waals surface area contributed by atoms with Gasteiger partial charge in [0.1, 0.15) is 5.69 Å². The molecule has 0 aliphatic carbocycles. The first-order valence-corrected chi connectivity index (χ1v) is 6.41. The maximum Gasteiger partial charge on any atom is 0.311 e. The molecule has 1 aromatic heterocycles. The molecule has 0 radical (unpaired) electrons. The Bertz CT molecular complexity index is 487. The number of carboxylic acid groups (broad SMARTS) is 1. The van der Waals surface area contributed by atoms with Gasteiger partial charge in [0.05, 0.1) is 5.41 Å². The lowest BCUT2D eigenvalue weighted by Gasteiger charge is -2.28. The first kappa shape index (κ1) is 13.5. The van der Waals surface area contributed by atoms with Gasteiger partial charge in [-0.2, -0.15) is 0 Å². The largest absolute Gasteiger partial charge is 0.481 e. The van der Waals surface area contributed by atoms with E-state index in [1.54, 1.807) is 29.3 Å². The highest BCUT2D eigenvalue weighted by atomic mass is 16.4. The van der Waals surface area contributed by atoms with Crippen LogP contribution in [0.4, 0.5) is 0 Å². The van der Waals surface area contributed by atoms with Gasteiger partial charge in [-0.3, -0.25) is 14.6 Å². The molecule has 19 heavy (non-hydrogen) atoms. The summed E-state index contributed by atoms with van der Waals surface area (Å²) < 4.78 is 0. The van der Waals surface area contributed by atoms with Crippen LogP contribution in [0.15, 0.2) is 24.4 Å². The lowest BCUT2D eigenvalue weighted by molar-refractivity contribution is -0.150. The van der Waals surface area contributed by atoms with Crippen molar-refractivity contribution < 1.29 is 14.7 Å². The van der Waals surface area contributed by atoms with Crippen molar-refractivity contribution in [2.45, 2.75) is 20.3 Å². The van der Waals surface area contributed by atoms with E-state index >= 15 is 0 Å². The quantitative estimate of drug-likeness (QED) is 0.899. The number of carbonyl (C=O) groups is 2. The molecule has 2 heterocycles. The fourth-order valence-corrected chi connectivity index (χ4v) is 2.55. The number of nitrogens with zero attached hydrogens (tertiary/aromatic N) is 2. The minimum Gasteiger partial charge on any atom is -0.481 e. The standard InChI is InChI=1S/C14H18N2O3/c1-10(2)14(13(18)19)6-8-16(9-14)12(17)11-5-3-4-7-15-11/h3-5,7,10H,6,8-9H2,1-2H3,(H,18,19). The summed E-state index contributed by atoms with van der Waals surface area (Å²) in [6, 6.07) is 5.15. The van der Waals surface area contributed by atoms with Crippen molar-refractivity contribution in [3.05, 3.63) is 30.1 Å². The van der Waals surface area contributed by atoms with Gasteiger partial charge >= 0.3 is 5.97 Å². The van der Waals surface area contributed by atoms with E-state index in [4.69, 9.17) is 0 Å². The third kappa shape index (κ3) is 2.32. The van der Waals surface area contributed by atoms with Crippen LogP contribution in [-0.2, 0) is 4.79 Å². The minimum absolute atomic E-state index is 0.00784. The molecule has 5 heteroatoms. The molecule has 0 spiro atoms. The third-order valence-electron chi connectivity index (χ3n) is 4.00. The number of carboxylic acids is 1. The van der Waals surface area contributed by atoms with E-state index in [0.29, 0.717) is 18.7 Å². The maximum atomic E-state index is 12.3. The second-order valence-electron chi connectivity index (χ2n) is 5.31. The third-order valence-corrected chi connectivity index (χ3v) is 4.00. The fraction of sp³-hybridized carbons (Fsp3) is 0.500. The molecule has 2 rings (SSSR count). The number of aliphatic carboxylic acids is 1. The van der Waals surface area contributed by atoms with Gasteiger partial charge in [-0.05, 0) is 24.5 Å². The van der Waals surface area contributed by atoms with Gasteiger partial charge in [0.25, 0.3) is 5.91 Å². The second kappa shape index (κ2) is 4.99. The zero-order valence-electron chi connectivity index (χ0n) is 11.2. The van der Waals surface area contributed by atoms with Crippen LogP contribution in [0.25, 0.3) is 0 Å². The number of likely N-dealkylation sites (tertiary alicyclic amines) is 1. The summed E-state index contributed by atoms with van der Waals surface area (Å²) >= 11 is 0. The molecule has 1 aliphatic heterocycles.